The van der Waals surface area contributed by atoms with E-state index in [1.165, 1.54) is 49.3 Å². The van der Waals surface area contributed by atoms with Crippen molar-refractivity contribution in [3.8, 4) is 11.3 Å². The number of pyridine rings is 1. The zero-order chi connectivity index (χ0) is 26.8. The van der Waals surface area contributed by atoms with Crippen LogP contribution in [0.2, 0.25) is 5.02 Å². The molecule has 2 aromatic heterocycles. The molecule has 1 aromatic carbocycles. The molecule has 0 bridgehead atoms. The topological polar surface area (TPSA) is 127 Å². The molecule has 0 aliphatic rings. The number of nitrogens with one attached hydrogen (secondary N) is 1. The number of carbonyl (C=O) groups excluding carboxylic acids is 1. The number of methoxy groups -OCH3 is 1. The first-order valence-corrected chi connectivity index (χ1v) is 12.9. The van der Waals surface area contributed by atoms with E-state index in [-0.39, 0.29) is 40.8 Å². The van der Waals surface area contributed by atoms with Crippen molar-refractivity contribution < 1.29 is 22.5 Å². The van der Waals surface area contributed by atoms with Gasteiger partial charge in [0.15, 0.2) is 5.69 Å². The summed E-state index contributed by atoms with van der Waals surface area (Å²) in [6, 6.07) is 7.27. The van der Waals surface area contributed by atoms with Crippen LogP contribution in [0, 0.1) is 5.41 Å². The lowest BCUT2D eigenvalue weighted by atomic mass is 9.88. The number of halogens is 1. The standard InChI is InChI=1S/C24H30ClN5O5S/c1-15(24(2,3)4)27-23(31)22-21(30(36(32,33)34)19-9-7-18(25)8-10-19)20(28-29(22)5)17-11-16(14-35-6)12-26-13-17/h7-13,15H,14H2,1-6H3,(H,27,31)(H,32,33,34). The van der Waals surface area contributed by atoms with Gasteiger partial charge in [0.25, 0.3) is 5.91 Å². The second-order valence-corrected chi connectivity index (χ2v) is 11.2. The maximum atomic E-state index is 13.5. The molecular formula is C24H30ClN5O5S. The van der Waals surface area contributed by atoms with Gasteiger partial charge in [-0.15, -0.1) is 0 Å². The number of ether oxygens (including phenoxy) is 1. The highest BCUT2D eigenvalue weighted by Crippen LogP contribution is 2.40. The normalized spacial score (nSPS) is 12.9. The highest BCUT2D eigenvalue weighted by molar-refractivity contribution is 7.87. The van der Waals surface area contributed by atoms with Crippen molar-refractivity contribution in [3.63, 3.8) is 0 Å². The molecule has 3 aromatic rings. The fraction of sp³-hybridized carbons (Fsp3) is 0.375. The van der Waals surface area contributed by atoms with Gasteiger partial charge in [-0.3, -0.25) is 19.0 Å². The molecule has 1 atom stereocenters. The van der Waals surface area contributed by atoms with Crippen molar-refractivity contribution in [3.05, 3.63) is 59.0 Å². The lowest BCUT2D eigenvalue weighted by molar-refractivity contribution is 0.0901. The largest absolute Gasteiger partial charge is 0.380 e. The molecule has 12 heteroatoms. The van der Waals surface area contributed by atoms with Crippen molar-refractivity contribution in [2.24, 2.45) is 12.5 Å². The summed E-state index contributed by atoms with van der Waals surface area (Å²) in [6.07, 6.45) is 3.10. The van der Waals surface area contributed by atoms with E-state index in [4.69, 9.17) is 16.3 Å². The molecule has 0 saturated carbocycles. The van der Waals surface area contributed by atoms with Crippen molar-refractivity contribution in [2.75, 3.05) is 11.4 Å². The molecule has 0 fully saturated rings. The summed E-state index contributed by atoms with van der Waals surface area (Å²) in [5, 5.41) is 7.77. The Morgan fingerprint density at radius 2 is 1.89 bits per heavy atom. The fourth-order valence-electron chi connectivity index (χ4n) is 3.45. The van der Waals surface area contributed by atoms with Crippen molar-refractivity contribution >= 4 is 39.2 Å². The highest BCUT2D eigenvalue weighted by Gasteiger charge is 2.35. The first-order chi connectivity index (χ1) is 16.7. The Bertz CT molecular complexity index is 1350. The molecule has 0 aliphatic heterocycles. The minimum absolute atomic E-state index is 0.0641. The summed E-state index contributed by atoms with van der Waals surface area (Å²) >= 11 is 6.01. The molecule has 2 N–H and O–H groups in total. The second-order valence-electron chi connectivity index (χ2n) is 9.46. The number of hydrogen-bond acceptors (Lipinski definition) is 6. The van der Waals surface area contributed by atoms with Crippen LogP contribution in [0.15, 0.2) is 42.7 Å². The van der Waals surface area contributed by atoms with Gasteiger partial charge in [0.1, 0.15) is 11.4 Å². The number of rotatable bonds is 8. The average Bonchev–Trinajstić information content (AvgIpc) is 3.10. The van der Waals surface area contributed by atoms with Crippen LogP contribution in [0.5, 0.6) is 0 Å². The van der Waals surface area contributed by atoms with E-state index in [9.17, 15) is 17.8 Å². The van der Waals surface area contributed by atoms with Crippen LogP contribution in [-0.2, 0) is 28.7 Å². The Morgan fingerprint density at radius 3 is 2.44 bits per heavy atom. The average molecular weight is 536 g/mol. The van der Waals surface area contributed by atoms with Gasteiger partial charge in [-0.1, -0.05) is 32.4 Å². The molecule has 0 radical (unpaired) electrons. The second kappa shape index (κ2) is 10.6. The third kappa shape index (κ3) is 6.04. The van der Waals surface area contributed by atoms with E-state index in [2.05, 4.69) is 15.4 Å². The summed E-state index contributed by atoms with van der Waals surface area (Å²) in [5.41, 5.74) is 0.876. The number of amides is 1. The lowest BCUT2D eigenvalue weighted by Crippen LogP contribution is -2.42. The molecule has 2 heterocycles. The maximum absolute atomic E-state index is 13.5. The zero-order valence-corrected chi connectivity index (χ0v) is 22.6. The predicted octanol–water partition coefficient (Wildman–Crippen LogP) is 4.39. The predicted molar refractivity (Wildman–Crippen MR) is 139 cm³/mol. The summed E-state index contributed by atoms with van der Waals surface area (Å²) in [7, 11) is -1.85. The fourth-order valence-corrected chi connectivity index (χ4v) is 4.37. The van der Waals surface area contributed by atoms with E-state index in [1.807, 2.05) is 27.7 Å². The summed E-state index contributed by atoms with van der Waals surface area (Å²) in [4.78, 5) is 17.8. The monoisotopic (exact) mass is 535 g/mol. The van der Waals surface area contributed by atoms with Crippen LogP contribution in [0.25, 0.3) is 11.3 Å². The molecule has 3 rings (SSSR count). The summed E-state index contributed by atoms with van der Waals surface area (Å²) in [6.45, 7) is 8.03. The first kappa shape index (κ1) is 27.6. The Morgan fingerprint density at radius 1 is 1.25 bits per heavy atom. The van der Waals surface area contributed by atoms with Crippen LogP contribution in [0.1, 0.15) is 43.7 Å². The quantitative estimate of drug-likeness (QED) is 0.409. The Kier molecular flexibility index (Phi) is 8.09. The molecule has 194 valence electrons. The number of nitrogens with zero attached hydrogens (tertiary/aromatic N) is 4. The lowest BCUT2D eigenvalue weighted by Gasteiger charge is -2.28. The number of hydrogen-bond donors (Lipinski definition) is 2. The van der Waals surface area contributed by atoms with Gasteiger partial charge in [0, 0.05) is 43.2 Å². The minimum atomic E-state index is -4.92. The van der Waals surface area contributed by atoms with Crippen LogP contribution in [0.4, 0.5) is 11.4 Å². The van der Waals surface area contributed by atoms with Crippen LogP contribution < -0.4 is 9.62 Å². The van der Waals surface area contributed by atoms with Crippen molar-refractivity contribution in [1.82, 2.24) is 20.1 Å². The summed E-state index contributed by atoms with van der Waals surface area (Å²) < 4.78 is 43.1. The SMILES string of the molecule is COCc1cncc(-c2nn(C)c(C(=O)NC(C)C(C)(C)C)c2N(c2ccc(Cl)cc2)S(=O)(=O)O)c1. The summed E-state index contributed by atoms with van der Waals surface area (Å²) in [5.74, 6) is -0.558. The highest BCUT2D eigenvalue weighted by atomic mass is 35.5. The van der Waals surface area contributed by atoms with Gasteiger partial charge in [-0.25, -0.2) is 4.31 Å². The Balaban J connectivity index is 2.32. The van der Waals surface area contributed by atoms with E-state index >= 15 is 0 Å². The number of anilines is 2. The van der Waals surface area contributed by atoms with Gasteiger partial charge in [-0.05, 0) is 48.2 Å². The molecular weight excluding hydrogens is 506 g/mol. The Labute approximate surface area is 216 Å². The molecule has 1 unspecified atom stereocenters. The Hall–Kier alpha value is -2.99. The van der Waals surface area contributed by atoms with Crippen molar-refractivity contribution in [1.29, 1.82) is 0 Å². The number of carbonyl (C=O) groups is 1. The van der Waals surface area contributed by atoms with E-state index in [0.29, 0.717) is 20.5 Å². The van der Waals surface area contributed by atoms with Gasteiger partial charge >= 0.3 is 10.3 Å². The molecule has 0 spiro atoms. The minimum Gasteiger partial charge on any atom is -0.380 e. The third-order valence-corrected chi connectivity index (χ3v) is 6.87. The number of aryl methyl sites for hydroxylation is 1. The maximum Gasteiger partial charge on any atom is 0.364 e. The van der Waals surface area contributed by atoms with Crippen LogP contribution >= 0.6 is 11.6 Å². The number of benzene rings is 1. The molecule has 0 saturated heterocycles. The van der Waals surface area contributed by atoms with Crippen LogP contribution in [-0.4, -0.2) is 46.8 Å². The zero-order valence-electron chi connectivity index (χ0n) is 21.0. The molecule has 0 aliphatic carbocycles. The first-order valence-electron chi connectivity index (χ1n) is 11.1. The molecule has 10 nitrogen and oxygen atoms in total. The van der Waals surface area contributed by atoms with E-state index in [0.717, 1.165) is 0 Å². The molecule has 36 heavy (non-hydrogen) atoms. The van der Waals surface area contributed by atoms with Crippen molar-refractivity contribution in [2.45, 2.75) is 40.3 Å². The van der Waals surface area contributed by atoms with Gasteiger partial charge < -0.3 is 10.1 Å². The van der Waals surface area contributed by atoms with Gasteiger partial charge in [0.05, 0.1) is 12.3 Å². The number of aromatic nitrogens is 3. The van der Waals surface area contributed by atoms with E-state index in [1.54, 1.807) is 12.3 Å². The van der Waals surface area contributed by atoms with Gasteiger partial charge in [0.2, 0.25) is 0 Å². The molecule has 1 amide bonds. The van der Waals surface area contributed by atoms with Crippen LogP contribution in [0.3, 0.4) is 0 Å². The van der Waals surface area contributed by atoms with Gasteiger partial charge in [-0.2, -0.15) is 13.5 Å². The van der Waals surface area contributed by atoms with E-state index < -0.39 is 16.2 Å². The smallest absolute Gasteiger partial charge is 0.364 e. The third-order valence-electron chi connectivity index (χ3n) is 5.76.